The Kier molecular flexibility index (Phi) is 11.5. The molecule has 1 aromatic rings. The molecule has 1 atom stereocenters. The molecule has 0 aromatic carbocycles. The molecule has 0 saturated heterocycles. The third-order valence-electron chi connectivity index (χ3n) is 4.30. The van der Waals surface area contributed by atoms with Crippen LogP contribution in [0.5, 0.6) is 0 Å². The fourth-order valence-electron chi connectivity index (χ4n) is 3.09. The molecule has 1 heterocycles. The molecule has 0 aliphatic carbocycles. The smallest absolute Gasteiger partial charge is 0.307 e. The van der Waals surface area contributed by atoms with Crippen LogP contribution in [0.2, 0.25) is 0 Å². The molecular weight excluding hydrogens is 352 g/mol. The van der Waals surface area contributed by atoms with E-state index in [-0.39, 0.29) is 18.2 Å². The summed E-state index contributed by atoms with van der Waals surface area (Å²) in [5.74, 6) is 0.323. The molecule has 0 aliphatic heterocycles. The molecule has 5 heteroatoms. The summed E-state index contributed by atoms with van der Waals surface area (Å²) in [5, 5.41) is 0. The van der Waals surface area contributed by atoms with Crippen LogP contribution in [0.3, 0.4) is 0 Å². The first-order valence-corrected chi connectivity index (χ1v) is 10.5. The van der Waals surface area contributed by atoms with Crippen molar-refractivity contribution in [3.63, 3.8) is 0 Å². The zero-order valence-corrected chi connectivity index (χ0v) is 18.5. The minimum Gasteiger partial charge on any atom is -0.431 e. The average molecular weight is 391 g/mol. The van der Waals surface area contributed by atoms with E-state index in [0.29, 0.717) is 12.2 Å². The van der Waals surface area contributed by atoms with E-state index in [9.17, 15) is 4.79 Å². The summed E-state index contributed by atoms with van der Waals surface area (Å²) in [4.78, 5) is 16.1. The largest absolute Gasteiger partial charge is 0.431 e. The average Bonchev–Trinajstić information content (AvgIpc) is 3.05. The summed E-state index contributed by atoms with van der Waals surface area (Å²) in [6.45, 7) is 13.4. The maximum Gasteiger partial charge on any atom is 0.307 e. The van der Waals surface area contributed by atoms with Crippen molar-refractivity contribution in [3.05, 3.63) is 35.9 Å². The van der Waals surface area contributed by atoms with Gasteiger partial charge >= 0.3 is 5.97 Å². The van der Waals surface area contributed by atoms with Gasteiger partial charge in [-0.25, -0.2) is 0 Å². The van der Waals surface area contributed by atoms with E-state index in [1.165, 1.54) is 12.5 Å². The number of aromatic nitrogens is 1. The van der Waals surface area contributed by atoms with Crippen molar-refractivity contribution >= 4 is 11.7 Å². The highest BCUT2D eigenvalue weighted by atomic mass is 16.5. The lowest BCUT2D eigenvalue weighted by Gasteiger charge is -2.21. The topological polar surface area (TPSA) is 52.8 Å². The molecule has 0 fully saturated rings. The van der Waals surface area contributed by atoms with Gasteiger partial charge in [0.15, 0.2) is 0 Å². The number of hydrogen-bond donors (Lipinski definition) is 0. The standard InChI is InChI=1S/C23H38N2O3/c1-7-10-22(27-18(3)4)16-23(28-20(6)26)15-19(5)24-12-9-13-25-14-11-21(8-2)17-25/h11,14-15,17-18,22H,7-10,12-13,16H2,1-6H3/b23-15-,24-19?. The quantitative estimate of drug-likeness (QED) is 0.198. The van der Waals surface area contributed by atoms with Gasteiger partial charge in [-0.2, -0.15) is 0 Å². The van der Waals surface area contributed by atoms with Crippen LogP contribution in [0.4, 0.5) is 0 Å². The highest BCUT2D eigenvalue weighted by Gasteiger charge is 2.15. The SMILES string of the molecule is CCCC(C/C(=C/C(C)=NCCCn1ccc(CC)c1)OC(C)=O)OC(C)C. The Morgan fingerprint density at radius 2 is 2.04 bits per heavy atom. The van der Waals surface area contributed by atoms with E-state index < -0.39 is 0 Å². The number of nitrogens with zero attached hydrogens (tertiary/aromatic N) is 2. The Labute approximate surface area is 170 Å². The molecule has 1 aromatic heterocycles. The summed E-state index contributed by atoms with van der Waals surface area (Å²) in [6.07, 6.45) is 11.0. The number of hydrogen-bond acceptors (Lipinski definition) is 4. The number of allylic oxidation sites excluding steroid dienone is 1. The third-order valence-corrected chi connectivity index (χ3v) is 4.30. The van der Waals surface area contributed by atoms with E-state index in [1.807, 2.05) is 26.8 Å². The molecule has 0 amide bonds. The molecule has 1 rings (SSSR count). The van der Waals surface area contributed by atoms with Gasteiger partial charge in [-0.05, 0) is 57.7 Å². The molecule has 5 nitrogen and oxygen atoms in total. The van der Waals surface area contributed by atoms with Crippen molar-refractivity contribution in [2.24, 2.45) is 4.99 Å². The zero-order chi connectivity index (χ0) is 20.9. The van der Waals surface area contributed by atoms with E-state index in [2.05, 4.69) is 41.9 Å². The van der Waals surface area contributed by atoms with Gasteiger partial charge in [0.2, 0.25) is 0 Å². The van der Waals surface area contributed by atoms with Crippen LogP contribution < -0.4 is 0 Å². The number of ether oxygens (including phenoxy) is 2. The number of carbonyl (C=O) groups excluding carboxylic acids is 1. The lowest BCUT2D eigenvalue weighted by Crippen LogP contribution is -2.20. The Bertz CT molecular complexity index is 644. The second-order valence-electron chi connectivity index (χ2n) is 7.49. The molecule has 0 saturated carbocycles. The maximum atomic E-state index is 11.5. The minimum absolute atomic E-state index is 0.0462. The van der Waals surface area contributed by atoms with Gasteiger partial charge in [-0.1, -0.05) is 20.3 Å². The van der Waals surface area contributed by atoms with E-state index in [4.69, 9.17) is 9.47 Å². The van der Waals surface area contributed by atoms with Crippen LogP contribution >= 0.6 is 0 Å². The van der Waals surface area contributed by atoms with Crippen LogP contribution in [0, 0.1) is 0 Å². The number of aliphatic imine (C=N–C) groups is 1. The molecular formula is C23H38N2O3. The fourth-order valence-corrected chi connectivity index (χ4v) is 3.09. The van der Waals surface area contributed by atoms with Crippen molar-refractivity contribution in [2.45, 2.75) is 92.4 Å². The molecule has 0 N–H and O–H groups in total. The third kappa shape index (κ3) is 10.5. The van der Waals surface area contributed by atoms with E-state index in [0.717, 1.165) is 44.5 Å². The normalized spacial score (nSPS) is 13.8. The highest BCUT2D eigenvalue weighted by Crippen LogP contribution is 2.17. The van der Waals surface area contributed by atoms with Gasteiger partial charge in [0.1, 0.15) is 5.76 Å². The second-order valence-corrected chi connectivity index (χ2v) is 7.49. The van der Waals surface area contributed by atoms with Crippen molar-refractivity contribution in [3.8, 4) is 0 Å². The Morgan fingerprint density at radius 1 is 1.29 bits per heavy atom. The summed E-state index contributed by atoms with van der Waals surface area (Å²) in [7, 11) is 0. The van der Waals surface area contributed by atoms with Gasteiger partial charge in [-0.15, -0.1) is 0 Å². The highest BCUT2D eigenvalue weighted by molar-refractivity contribution is 5.93. The summed E-state index contributed by atoms with van der Waals surface area (Å²) in [6, 6.07) is 2.16. The summed E-state index contributed by atoms with van der Waals surface area (Å²) in [5.41, 5.74) is 2.23. The first-order chi connectivity index (χ1) is 13.3. The van der Waals surface area contributed by atoms with Crippen molar-refractivity contribution in [1.29, 1.82) is 0 Å². The zero-order valence-electron chi connectivity index (χ0n) is 18.5. The van der Waals surface area contributed by atoms with E-state index >= 15 is 0 Å². The summed E-state index contributed by atoms with van der Waals surface area (Å²) < 4.78 is 13.6. The number of aryl methyl sites for hydroxylation is 2. The van der Waals surface area contributed by atoms with Crippen LogP contribution in [0.25, 0.3) is 0 Å². The predicted octanol–water partition coefficient (Wildman–Crippen LogP) is 5.33. The lowest BCUT2D eigenvalue weighted by atomic mass is 10.1. The molecule has 0 aliphatic rings. The Morgan fingerprint density at radius 3 is 2.61 bits per heavy atom. The monoisotopic (exact) mass is 390 g/mol. The van der Waals surface area contributed by atoms with Gasteiger partial charge in [-0.3, -0.25) is 9.79 Å². The predicted molar refractivity (Wildman–Crippen MR) is 116 cm³/mol. The summed E-state index contributed by atoms with van der Waals surface area (Å²) >= 11 is 0. The van der Waals surface area contributed by atoms with Crippen LogP contribution in [-0.2, 0) is 27.2 Å². The van der Waals surface area contributed by atoms with Crippen LogP contribution in [-0.4, -0.2) is 35.0 Å². The van der Waals surface area contributed by atoms with Gasteiger partial charge < -0.3 is 14.0 Å². The maximum absolute atomic E-state index is 11.5. The van der Waals surface area contributed by atoms with Crippen LogP contribution in [0.15, 0.2) is 35.3 Å². The molecule has 158 valence electrons. The second kappa shape index (κ2) is 13.3. The molecule has 0 bridgehead atoms. The van der Waals surface area contributed by atoms with Gasteiger partial charge in [0.05, 0.1) is 12.2 Å². The van der Waals surface area contributed by atoms with Crippen molar-refractivity contribution in [1.82, 2.24) is 4.57 Å². The first kappa shape index (κ1) is 24.2. The van der Waals surface area contributed by atoms with Crippen LogP contribution in [0.1, 0.15) is 72.8 Å². The number of esters is 1. The molecule has 0 spiro atoms. The van der Waals surface area contributed by atoms with Crippen molar-refractivity contribution < 1.29 is 14.3 Å². The minimum atomic E-state index is -0.307. The fraction of sp³-hybridized carbons (Fsp3) is 0.652. The van der Waals surface area contributed by atoms with Crippen molar-refractivity contribution in [2.75, 3.05) is 6.54 Å². The Hall–Kier alpha value is -1.88. The van der Waals surface area contributed by atoms with Gasteiger partial charge in [0, 0.05) is 44.5 Å². The molecule has 28 heavy (non-hydrogen) atoms. The first-order valence-electron chi connectivity index (χ1n) is 10.5. The molecule has 0 radical (unpaired) electrons. The molecule has 1 unspecified atom stereocenters. The lowest BCUT2D eigenvalue weighted by molar-refractivity contribution is -0.137. The Balaban J connectivity index is 2.65. The van der Waals surface area contributed by atoms with Gasteiger partial charge in [0.25, 0.3) is 0 Å². The number of rotatable bonds is 13. The van der Waals surface area contributed by atoms with E-state index in [1.54, 1.807) is 0 Å². The number of carbonyl (C=O) groups is 1.